The Labute approximate surface area is 98.2 Å². The predicted molar refractivity (Wildman–Crippen MR) is 60.4 cm³/mol. The zero-order chi connectivity index (χ0) is 11.8. The van der Waals surface area contributed by atoms with Crippen molar-refractivity contribution in [1.29, 1.82) is 0 Å². The lowest BCUT2D eigenvalue weighted by molar-refractivity contribution is -0.0858. The molecular weight excluding hydrogens is 226 g/mol. The Balaban J connectivity index is 1.98. The van der Waals surface area contributed by atoms with Gasteiger partial charge < -0.3 is 10.0 Å². The lowest BCUT2D eigenvalue weighted by atomic mass is 9.89. The minimum Gasteiger partial charge on any atom is -0.386 e. The van der Waals surface area contributed by atoms with Gasteiger partial charge in [-0.05, 0) is 24.9 Å². The molecule has 0 unspecified atom stereocenters. The van der Waals surface area contributed by atoms with Crippen LogP contribution >= 0.6 is 11.5 Å². The van der Waals surface area contributed by atoms with Gasteiger partial charge in [-0.15, -0.1) is 5.10 Å². The second-order valence-corrected chi connectivity index (χ2v) is 5.08. The predicted octanol–water partition coefficient (Wildman–Crippen LogP) is 0.834. The molecule has 0 aliphatic carbocycles. The molecule has 2 heterocycles. The van der Waals surface area contributed by atoms with E-state index in [2.05, 4.69) is 9.59 Å². The van der Waals surface area contributed by atoms with Crippen molar-refractivity contribution in [2.75, 3.05) is 13.1 Å². The Morgan fingerprint density at radius 2 is 2.31 bits per heavy atom. The van der Waals surface area contributed by atoms with Crippen molar-refractivity contribution in [3.05, 3.63) is 10.6 Å². The molecule has 1 amide bonds. The molecule has 0 aromatic carbocycles. The van der Waals surface area contributed by atoms with Crippen LogP contribution in [0.2, 0.25) is 0 Å². The van der Waals surface area contributed by atoms with Crippen molar-refractivity contribution in [2.24, 2.45) is 0 Å². The van der Waals surface area contributed by atoms with Crippen molar-refractivity contribution in [3.63, 3.8) is 0 Å². The zero-order valence-corrected chi connectivity index (χ0v) is 10.3. The summed E-state index contributed by atoms with van der Waals surface area (Å²) < 4.78 is 3.74. The van der Waals surface area contributed by atoms with Crippen LogP contribution in [0.4, 0.5) is 0 Å². The topological polar surface area (TPSA) is 66.3 Å². The highest BCUT2D eigenvalue weighted by atomic mass is 32.1. The summed E-state index contributed by atoms with van der Waals surface area (Å²) in [6.07, 6.45) is 1.68. The first kappa shape index (κ1) is 11.5. The summed E-state index contributed by atoms with van der Waals surface area (Å²) in [6.45, 7) is 4.66. The average Bonchev–Trinajstić information content (AvgIpc) is 2.60. The van der Waals surface area contributed by atoms with Crippen LogP contribution in [0.1, 0.15) is 35.1 Å². The normalized spacial score (nSPS) is 18.3. The molecule has 16 heavy (non-hydrogen) atoms. The molecule has 0 bridgehead atoms. The molecule has 1 N–H and O–H groups in total. The van der Waals surface area contributed by atoms with E-state index in [4.69, 9.17) is 0 Å². The molecule has 1 aromatic heterocycles. The molecule has 0 atom stereocenters. The lowest BCUT2D eigenvalue weighted by Crippen LogP contribution is -2.63. The third-order valence-electron chi connectivity index (χ3n) is 2.82. The molecule has 1 saturated heterocycles. The molecule has 0 spiro atoms. The van der Waals surface area contributed by atoms with E-state index in [1.165, 1.54) is 0 Å². The van der Waals surface area contributed by atoms with Crippen molar-refractivity contribution in [2.45, 2.75) is 32.3 Å². The van der Waals surface area contributed by atoms with Crippen LogP contribution < -0.4 is 0 Å². The second kappa shape index (κ2) is 4.10. The number of aromatic nitrogens is 2. The van der Waals surface area contributed by atoms with Gasteiger partial charge in [0.2, 0.25) is 0 Å². The summed E-state index contributed by atoms with van der Waals surface area (Å²) in [5.41, 5.74) is -0.00268. The number of rotatable bonds is 3. The highest BCUT2D eigenvalue weighted by molar-refractivity contribution is 7.07. The maximum Gasteiger partial charge on any atom is 0.267 e. The quantitative estimate of drug-likeness (QED) is 0.851. The minimum absolute atomic E-state index is 0.0618. The zero-order valence-electron chi connectivity index (χ0n) is 9.43. The molecule has 88 valence electrons. The van der Waals surface area contributed by atoms with Crippen LogP contribution in [0.5, 0.6) is 0 Å². The number of nitrogens with zero attached hydrogens (tertiary/aromatic N) is 3. The van der Waals surface area contributed by atoms with Crippen molar-refractivity contribution < 1.29 is 9.90 Å². The molecule has 6 heteroatoms. The number of amides is 1. The first-order valence-corrected chi connectivity index (χ1v) is 6.14. The van der Waals surface area contributed by atoms with Crippen LogP contribution in [-0.2, 0) is 0 Å². The Morgan fingerprint density at radius 1 is 1.62 bits per heavy atom. The average molecular weight is 241 g/mol. The third kappa shape index (κ3) is 1.94. The van der Waals surface area contributed by atoms with E-state index in [-0.39, 0.29) is 5.91 Å². The smallest absolute Gasteiger partial charge is 0.267 e. The first-order chi connectivity index (χ1) is 7.56. The van der Waals surface area contributed by atoms with Gasteiger partial charge in [0.1, 0.15) is 4.88 Å². The number of aryl methyl sites for hydroxylation is 1. The van der Waals surface area contributed by atoms with E-state index in [1.807, 2.05) is 6.92 Å². The van der Waals surface area contributed by atoms with E-state index in [0.29, 0.717) is 23.7 Å². The van der Waals surface area contributed by atoms with Crippen LogP contribution in [0.25, 0.3) is 0 Å². The van der Waals surface area contributed by atoms with Crippen LogP contribution in [0.15, 0.2) is 0 Å². The maximum atomic E-state index is 11.9. The molecule has 1 aliphatic rings. The van der Waals surface area contributed by atoms with Gasteiger partial charge in [-0.2, -0.15) is 0 Å². The first-order valence-electron chi connectivity index (χ1n) is 5.36. The van der Waals surface area contributed by atoms with E-state index < -0.39 is 5.60 Å². The van der Waals surface area contributed by atoms with Crippen LogP contribution in [0.3, 0.4) is 0 Å². The Hall–Kier alpha value is -1.01. The molecule has 2 rings (SSSR count). The number of β-amino-alcohol motifs (C(OH)–C–C–N with tert-alkyl or cyclic N) is 1. The van der Waals surface area contributed by atoms with Crippen LogP contribution in [-0.4, -0.2) is 44.2 Å². The third-order valence-corrected chi connectivity index (χ3v) is 3.63. The van der Waals surface area contributed by atoms with Gasteiger partial charge in [-0.25, -0.2) is 0 Å². The van der Waals surface area contributed by atoms with E-state index >= 15 is 0 Å². The fourth-order valence-electron chi connectivity index (χ4n) is 2.00. The van der Waals surface area contributed by atoms with E-state index in [9.17, 15) is 9.90 Å². The second-order valence-electron chi connectivity index (χ2n) is 4.32. The maximum absolute atomic E-state index is 11.9. The molecule has 0 radical (unpaired) electrons. The SMILES string of the molecule is CCCC1(O)CN(C(=O)c2snnc2C)C1. The molecular formula is C10H15N3O2S. The number of carbonyl (C=O) groups is 1. The molecule has 5 nitrogen and oxygen atoms in total. The summed E-state index contributed by atoms with van der Waals surface area (Å²) >= 11 is 1.11. The standard InChI is InChI=1S/C10H15N3O2S/c1-3-4-10(15)5-13(6-10)9(14)8-7(2)11-12-16-8/h15H,3-6H2,1-2H3. The number of likely N-dealkylation sites (tertiary alicyclic amines) is 1. The number of carbonyl (C=O) groups excluding carboxylic acids is 1. The van der Waals surface area contributed by atoms with Crippen molar-refractivity contribution in [1.82, 2.24) is 14.5 Å². The van der Waals surface area contributed by atoms with Gasteiger partial charge in [-0.3, -0.25) is 4.79 Å². The summed E-state index contributed by atoms with van der Waals surface area (Å²) in [6, 6.07) is 0. The van der Waals surface area contributed by atoms with Crippen molar-refractivity contribution in [3.8, 4) is 0 Å². The van der Waals surface area contributed by atoms with Gasteiger partial charge >= 0.3 is 0 Å². The van der Waals surface area contributed by atoms with Gasteiger partial charge in [0, 0.05) is 0 Å². The highest BCUT2D eigenvalue weighted by Crippen LogP contribution is 2.28. The van der Waals surface area contributed by atoms with E-state index in [0.717, 1.165) is 24.4 Å². The number of aliphatic hydroxyl groups is 1. The summed E-state index contributed by atoms with van der Waals surface area (Å²) in [5, 5.41) is 13.8. The fourth-order valence-corrected chi connectivity index (χ4v) is 2.63. The van der Waals surface area contributed by atoms with Crippen molar-refractivity contribution >= 4 is 17.4 Å². The van der Waals surface area contributed by atoms with Gasteiger partial charge in [0.15, 0.2) is 0 Å². The van der Waals surface area contributed by atoms with Gasteiger partial charge in [0.25, 0.3) is 5.91 Å². The molecule has 1 fully saturated rings. The lowest BCUT2D eigenvalue weighted by Gasteiger charge is -2.46. The summed E-state index contributed by atoms with van der Waals surface area (Å²) in [7, 11) is 0. The summed E-state index contributed by atoms with van der Waals surface area (Å²) in [4.78, 5) is 14.2. The Kier molecular flexibility index (Phi) is 2.94. The number of hydrogen-bond acceptors (Lipinski definition) is 5. The molecule has 1 aliphatic heterocycles. The molecule has 0 saturated carbocycles. The largest absolute Gasteiger partial charge is 0.386 e. The number of hydrogen-bond donors (Lipinski definition) is 1. The Bertz CT molecular complexity index is 399. The molecule has 1 aromatic rings. The highest BCUT2D eigenvalue weighted by Gasteiger charge is 2.43. The monoisotopic (exact) mass is 241 g/mol. The fraction of sp³-hybridized carbons (Fsp3) is 0.700. The van der Waals surface area contributed by atoms with Crippen LogP contribution in [0, 0.1) is 6.92 Å². The van der Waals surface area contributed by atoms with E-state index in [1.54, 1.807) is 11.8 Å². The van der Waals surface area contributed by atoms with Gasteiger partial charge in [0.05, 0.1) is 24.4 Å². The summed E-state index contributed by atoms with van der Waals surface area (Å²) in [5.74, 6) is -0.0618. The Morgan fingerprint density at radius 3 is 2.81 bits per heavy atom. The van der Waals surface area contributed by atoms with Gasteiger partial charge in [-0.1, -0.05) is 17.8 Å². The minimum atomic E-state index is -0.670.